The predicted octanol–water partition coefficient (Wildman–Crippen LogP) is 2.85. The van der Waals surface area contributed by atoms with E-state index in [1.165, 1.54) is 6.92 Å². The van der Waals surface area contributed by atoms with Crippen LogP contribution in [-0.2, 0) is 4.79 Å². The minimum atomic E-state index is -0.424. The van der Waals surface area contributed by atoms with Crippen molar-refractivity contribution in [2.75, 3.05) is 44.2 Å². The molecule has 7 heteroatoms. The molecule has 0 aliphatic carbocycles. The number of amides is 2. The second kappa shape index (κ2) is 6.84. The van der Waals surface area contributed by atoms with Gasteiger partial charge in [-0.15, -0.1) is 0 Å². The molecule has 2 saturated heterocycles. The van der Waals surface area contributed by atoms with E-state index in [0.717, 1.165) is 31.9 Å². The summed E-state index contributed by atoms with van der Waals surface area (Å²) in [5.74, 6) is -0.117. The van der Waals surface area contributed by atoms with Gasteiger partial charge in [-0.25, -0.2) is 4.79 Å². The van der Waals surface area contributed by atoms with Gasteiger partial charge >= 0.3 is 12.0 Å². The van der Waals surface area contributed by atoms with Crippen LogP contribution in [-0.4, -0.2) is 61.1 Å². The molecule has 1 aromatic carbocycles. The van der Waals surface area contributed by atoms with Crippen molar-refractivity contribution < 1.29 is 14.3 Å². The predicted molar refractivity (Wildman–Crippen MR) is 97.3 cm³/mol. The molecule has 0 aromatic heterocycles. The summed E-state index contributed by atoms with van der Waals surface area (Å²) in [7, 11) is 0. The molecule has 0 bridgehead atoms. The molecule has 2 aliphatic heterocycles. The Hall–Kier alpha value is -1.79. The van der Waals surface area contributed by atoms with Crippen LogP contribution in [0.4, 0.5) is 10.5 Å². The van der Waals surface area contributed by atoms with Crippen LogP contribution >= 0.6 is 11.6 Å². The van der Waals surface area contributed by atoms with Crippen LogP contribution < -0.4 is 9.64 Å². The summed E-state index contributed by atoms with van der Waals surface area (Å²) >= 11 is 6.16. The van der Waals surface area contributed by atoms with Gasteiger partial charge in [0.15, 0.2) is 0 Å². The number of esters is 1. The van der Waals surface area contributed by atoms with Crippen molar-refractivity contribution in [2.24, 2.45) is 5.41 Å². The Morgan fingerprint density at radius 1 is 1.24 bits per heavy atom. The molecule has 0 radical (unpaired) electrons. The molecular formula is C18H24ClN3O3. The first kappa shape index (κ1) is 18.0. The molecule has 1 aromatic rings. The van der Waals surface area contributed by atoms with Crippen molar-refractivity contribution in [2.45, 2.75) is 20.8 Å². The van der Waals surface area contributed by atoms with Crippen LogP contribution in [0.3, 0.4) is 0 Å². The standard InChI is InChI=1S/C18H24ClN3O3/c1-13(23)25-16-5-4-14(10-15(16)19)22-9-8-21(17(22)24)7-6-20-11-18(2,3)12-20/h4-5,10H,6-9,11-12H2,1-3H3. The summed E-state index contributed by atoms with van der Waals surface area (Å²) in [5.41, 5.74) is 1.13. The Labute approximate surface area is 153 Å². The average Bonchev–Trinajstić information content (AvgIpc) is 2.85. The smallest absolute Gasteiger partial charge is 0.324 e. The molecule has 25 heavy (non-hydrogen) atoms. The number of rotatable bonds is 5. The van der Waals surface area contributed by atoms with E-state index in [-0.39, 0.29) is 6.03 Å². The SMILES string of the molecule is CC(=O)Oc1ccc(N2CCN(CCN3CC(C)(C)C3)C2=O)cc1Cl. The molecule has 0 spiro atoms. The highest BCUT2D eigenvalue weighted by Crippen LogP contribution is 2.31. The summed E-state index contributed by atoms with van der Waals surface area (Å²) in [6.07, 6.45) is 0. The lowest BCUT2D eigenvalue weighted by Crippen LogP contribution is -2.54. The number of anilines is 1. The number of carbonyl (C=O) groups excluding carboxylic acids is 2. The Bertz CT molecular complexity index is 684. The van der Waals surface area contributed by atoms with Crippen molar-refractivity contribution >= 4 is 29.3 Å². The maximum absolute atomic E-state index is 12.6. The van der Waals surface area contributed by atoms with Crippen LogP contribution in [0.1, 0.15) is 20.8 Å². The molecule has 2 aliphatic rings. The number of benzene rings is 1. The number of ether oxygens (including phenoxy) is 1. The summed E-state index contributed by atoms with van der Waals surface area (Å²) in [6.45, 7) is 11.0. The normalized spacial score (nSPS) is 19.9. The number of nitrogens with zero attached hydrogens (tertiary/aromatic N) is 3. The highest BCUT2D eigenvalue weighted by atomic mass is 35.5. The van der Waals surface area contributed by atoms with Gasteiger partial charge in [0.05, 0.1) is 5.02 Å². The number of urea groups is 1. The van der Waals surface area contributed by atoms with Crippen molar-refractivity contribution in [3.63, 3.8) is 0 Å². The van der Waals surface area contributed by atoms with E-state index in [1.54, 1.807) is 23.1 Å². The van der Waals surface area contributed by atoms with Gasteiger partial charge in [0, 0.05) is 51.9 Å². The Kier molecular flexibility index (Phi) is 4.93. The van der Waals surface area contributed by atoms with Gasteiger partial charge in [0.25, 0.3) is 0 Å². The highest BCUT2D eigenvalue weighted by Gasteiger charge is 2.35. The number of likely N-dealkylation sites (tertiary alicyclic amines) is 1. The van der Waals surface area contributed by atoms with E-state index in [1.807, 2.05) is 4.90 Å². The van der Waals surface area contributed by atoms with Crippen molar-refractivity contribution in [3.8, 4) is 5.75 Å². The topological polar surface area (TPSA) is 53.1 Å². The lowest BCUT2D eigenvalue weighted by Gasteiger charge is -2.46. The van der Waals surface area contributed by atoms with Gasteiger partial charge in [0.2, 0.25) is 0 Å². The van der Waals surface area contributed by atoms with E-state index in [9.17, 15) is 9.59 Å². The summed E-state index contributed by atoms with van der Waals surface area (Å²) in [5, 5.41) is 0.321. The molecule has 0 N–H and O–H groups in total. The Balaban J connectivity index is 1.58. The quantitative estimate of drug-likeness (QED) is 0.594. The Morgan fingerprint density at radius 2 is 1.96 bits per heavy atom. The van der Waals surface area contributed by atoms with Crippen molar-refractivity contribution in [3.05, 3.63) is 23.2 Å². The number of hydrogen-bond acceptors (Lipinski definition) is 4. The number of halogens is 1. The zero-order chi connectivity index (χ0) is 18.2. The van der Waals surface area contributed by atoms with Gasteiger partial charge in [-0.3, -0.25) is 9.69 Å². The third-order valence-corrected chi connectivity index (χ3v) is 4.86. The van der Waals surface area contributed by atoms with E-state index in [0.29, 0.717) is 29.3 Å². The van der Waals surface area contributed by atoms with E-state index in [2.05, 4.69) is 18.7 Å². The molecule has 136 valence electrons. The summed E-state index contributed by atoms with van der Waals surface area (Å²) in [6, 6.07) is 5.04. The lowest BCUT2D eigenvalue weighted by molar-refractivity contribution is -0.131. The van der Waals surface area contributed by atoms with Gasteiger partial charge < -0.3 is 14.5 Å². The van der Waals surface area contributed by atoms with Crippen LogP contribution in [0.2, 0.25) is 5.02 Å². The largest absolute Gasteiger partial charge is 0.425 e. The number of hydrogen-bond donors (Lipinski definition) is 0. The fourth-order valence-corrected chi connectivity index (χ4v) is 3.72. The first-order valence-electron chi connectivity index (χ1n) is 8.52. The van der Waals surface area contributed by atoms with Crippen LogP contribution in [0.15, 0.2) is 18.2 Å². The third-order valence-electron chi connectivity index (χ3n) is 4.57. The van der Waals surface area contributed by atoms with E-state index in [4.69, 9.17) is 16.3 Å². The third kappa shape index (κ3) is 4.07. The molecule has 0 atom stereocenters. The first-order chi connectivity index (χ1) is 11.7. The zero-order valence-corrected chi connectivity index (χ0v) is 15.7. The molecule has 3 rings (SSSR count). The summed E-state index contributed by atoms with van der Waals surface area (Å²) < 4.78 is 5.02. The summed E-state index contributed by atoms with van der Waals surface area (Å²) in [4.78, 5) is 29.6. The molecule has 0 saturated carbocycles. The average molecular weight is 366 g/mol. The maximum atomic E-state index is 12.6. The van der Waals surface area contributed by atoms with Crippen LogP contribution in [0.25, 0.3) is 0 Å². The van der Waals surface area contributed by atoms with Crippen LogP contribution in [0.5, 0.6) is 5.75 Å². The fraction of sp³-hybridized carbons (Fsp3) is 0.556. The van der Waals surface area contributed by atoms with Crippen molar-refractivity contribution in [1.29, 1.82) is 0 Å². The van der Waals surface area contributed by atoms with Gasteiger partial charge in [-0.1, -0.05) is 25.4 Å². The van der Waals surface area contributed by atoms with Gasteiger partial charge in [-0.05, 0) is 23.6 Å². The molecule has 2 amide bonds. The van der Waals surface area contributed by atoms with Crippen LogP contribution in [0, 0.1) is 5.41 Å². The molecule has 6 nitrogen and oxygen atoms in total. The molecule has 2 heterocycles. The highest BCUT2D eigenvalue weighted by molar-refractivity contribution is 6.32. The van der Waals surface area contributed by atoms with E-state index < -0.39 is 5.97 Å². The minimum absolute atomic E-state index is 0.00362. The van der Waals surface area contributed by atoms with Crippen molar-refractivity contribution in [1.82, 2.24) is 9.80 Å². The van der Waals surface area contributed by atoms with Gasteiger partial charge in [-0.2, -0.15) is 0 Å². The fourth-order valence-electron chi connectivity index (χ4n) is 3.51. The molecular weight excluding hydrogens is 342 g/mol. The first-order valence-corrected chi connectivity index (χ1v) is 8.90. The monoisotopic (exact) mass is 365 g/mol. The number of carbonyl (C=O) groups is 2. The Morgan fingerprint density at radius 3 is 2.56 bits per heavy atom. The molecule has 2 fully saturated rings. The second-order valence-electron chi connectivity index (χ2n) is 7.50. The van der Waals surface area contributed by atoms with E-state index >= 15 is 0 Å². The minimum Gasteiger partial charge on any atom is -0.425 e. The lowest BCUT2D eigenvalue weighted by atomic mass is 9.84. The van der Waals surface area contributed by atoms with Gasteiger partial charge in [0.1, 0.15) is 5.75 Å². The molecule has 0 unspecified atom stereocenters. The zero-order valence-electron chi connectivity index (χ0n) is 14.9. The maximum Gasteiger partial charge on any atom is 0.324 e. The second-order valence-corrected chi connectivity index (χ2v) is 7.91.